The van der Waals surface area contributed by atoms with Crippen LogP contribution in [0.1, 0.15) is 24.6 Å². The largest absolute Gasteiger partial charge is 0.347 e. The molecule has 3 aromatic rings. The van der Waals surface area contributed by atoms with Crippen molar-refractivity contribution in [3.63, 3.8) is 0 Å². The summed E-state index contributed by atoms with van der Waals surface area (Å²) in [6.45, 7) is 0.965. The zero-order chi connectivity index (χ0) is 15.5. The van der Waals surface area contributed by atoms with Crippen LogP contribution in [0.2, 0.25) is 0 Å². The van der Waals surface area contributed by atoms with Crippen LogP contribution in [-0.2, 0) is 0 Å². The van der Waals surface area contributed by atoms with E-state index in [1.807, 2.05) is 24.3 Å². The number of aromatic nitrogens is 5. The van der Waals surface area contributed by atoms with E-state index in [-0.39, 0.29) is 6.04 Å². The van der Waals surface area contributed by atoms with Crippen LogP contribution in [0.5, 0.6) is 0 Å². The van der Waals surface area contributed by atoms with Crippen LogP contribution in [0.3, 0.4) is 0 Å². The molecule has 0 spiro atoms. The normalized spacial score (nSPS) is 17.4. The Bertz CT molecular complexity index is 777. The molecule has 1 aliphatic rings. The van der Waals surface area contributed by atoms with Crippen LogP contribution >= 0.6 is 0 Å². The van der Waals surface area contributed by atoms with Crippen molar-refractivity contribution in [3.8, 4) is 11.5 Å². The summed E-state index contributed by atoms with van der Waals surface area (Å²) in [5.41, 5.74) is 1.79. The molecule has 1 fully saturated rings. The average molecular weight is 304 g/mol. The van der Waals surface area contributed by atoms with E-state index in [0.717, 1.165) is 36.6 Å². The number of rotatable bonds is 3. The van der Waals surface area contributed by atoms with E-state index in [4.69, 9.17) is 4.98 Å². The minimum absolute atomic E-state index is 0.206. The predicted octanol–water partition coefficient (Wildman–Crippen LogP) is 2.67. The van der Waals surface area contributed by atoms with Gasteiger partial charge in [-0.2, -0.15) is 0 Å². The number of pyridine rings is 1. The van der Waals surface area contributed by atoms with E-state index < -0.39 is 0 Å². The zero-order valence-corrected chi connectivity index (χ0v) is 12.6. The number of hydrogen-bond acceptors (Lipinski definition) is 6. The van der Waals surface area contributed by atoms with Gasteiger partial charge in [0.25, 0.3) is 0 Å². The van der Waals surface area contributed by atoms with Crippen LogP contribution in [0.15, 0.2) is 55.2 Å². The van der Waals surface area contributed by atoms with Gasteiger partial charge < -0.3 is 4.90 Å². The molecule has 0 aliphatic carbocycles. The standard InChI is InChI=1S/C17H16N6/c1-2-7-19-14(4-1)17-21-8-6-13(22-17)15-5-3-11-23(15)16-12-18-9-10-20-16/h1-2,4,6-10,12,15H,3,5,11H2. The number of anilines is 1. The number of hydrogen-bond donors (Lipinski definition) is 0. The lowest BCUT2D eigenvalue weighted by Crippen LogP contribution is -2.24. The van der Waals surface area contributed by atoms with Crippen LogP contribution < -0.4 is 4.90 Å². The van der Waals surface area contributed by atoms with Gasteiger partial charge >= 0.3 is 0 Å². The van der Waals surface area contributed by atoms with Gasteiger partial charge in [-0.05, 0) is 31.0 Å². The van der Waals surface area contributed by atoms with E-state index in [1.54, 1.807) is 31.0 Å². The maximum absolute atomic E-state index is 4.74. The van der Waals surface area contributed by atoms with Crippen LogP contribution in [0.4, 0.5) is 5.82 Å². The molecule has 0 saturated carbocycles. The van der Waals surface area contributed by atoms with Crippen molar-refractivity contribution in [2.24, 2.45) is 0 Å². The highest BCUT2D eigenvalue weighted by Crippen LogP contribution is 2.34. The first kappa shape index (κ1) is 13.8. The van der Waals surface area contributed by atoms with Gasteiger partial charge in [-0.25, -0.2) is 15.0 Å². The Morgan fingerprint density at radius 1 is 0.957 bits per heavy atom. The van der Waals surface area contributed by atoms with Crippen molar-refractivity contribution in [1.82, 2.24) is 24.9 Å². The summed E-state index contributed by atoms with van der Waals surface area (Å²) in [6, 6.07) is 7.94. The van der Waals surface area contributed by atoms with Gasteiger partial charge in [0, 0.05) is 31.3 Å². The highest BCUT2D eigenvalue weighted by Gasteiger charge is 2.28. The average Bonchev–Trinajstić information content (AvgIpc) is 3.13. The molecule has 6 heteroatoms. The fraction of sp³-hybridized carbons (Fsp3) is 0.235. The maximum atomic E-state index is 4.74. The number of nitrogens with zero attached hydrogens (tertiary/aromatic N) is 6. The van der Waals surface area contributed by atoms with Gasteiger partial charge in [0.2, 0.25) is 0 Å². The molecular formula is C17H16N6. The summed E-state index contributed by atoms with van der Waals surface area (Å²) in [4.78, 5) is 24.3. The summed E-state index contributed by atoms with van der Waals surface area (Å²) < 4.78 is 0. The Kier molecular flexibility index (Phi) is 3.63. The fourth-order valence-corrected chi connectivity index (χ4v) is 2.96. The molecule has 0 amide bonds. The minimum atomic E-state index is 0.206. The van der Waals surface area contributed by atoms with Crippen molar-refractivity contribution in [2.75, 3.05) is 11.4 Å². The topological polar surface area (TPSA) is 67.7 Å². The molecule has 0 bridgehead atoms. The lowest BCUT2D eigenvalue weighted by molar-refractivity contribution is 0.684. The third kappa shape index (κ3) is 2.75. The molecule has 114 valence electrons. The molecule has 6 nitrogen and oxygen atoms in total. The van der Waals surface area contributed by atoms with Crippen LogP contribution in [0.25, 0.3) is 11.5 Å². The molecular weight excluding hydrogens is 288 g/mol. The third-order valence-electron chi connectivity index (χ3n) is 4.01. The smallest absolute Gasteiger partial charge is 0.178 e. The monoisotopic (exact) mass is 304 g/mol. The maximum Gasteiger partial charge on any atom is 0.178 e. The van der Waals surface area contributed by atoms with Crippen LogP contribution in [-0.4, -0.2) is 31.5 Å². The van der Waals surface area contributed by atoms with Crippen molar-refractivity contribution in [1.29, 1.82) is 0 Å². The molecule has 0 radical (unpaired) electrons. The second-order valence-electron chi connectivity index (χ2n) is 5.44. The molecule has 1 aliphatic heterocycles. The van der Waals surface area contributed by atoms with Crippen molar-refractivity contribution in [3.05, 3.63) is 60.9 Å². The first-order valence-electron chi connectivity index (χ1n) is 7.69. The molecule has 0 N–H and O–H groups in total. The summed E-state index contributed by atoms with van der Waals surface area (Å²) in [6.07, 6.45) is 11.0. The Hall–Kier alpha value is -2.89. The van der Waals surface area contributed by atoms with Crippen molar-refractivity contribution in [2.45, 2.75) is 18.9 Å². The van der Waals surface area contributed by atoms with Gasteiger partial charge in [-0.3, -0.25) is 9.97 Å². The second-order valence-corrected chi connectivity index (χ2v) is 5.44. The minimum Gasteiger partial charge on any atom is -0.347 e. The van der Waals surface area contributed by atoms with E-state index in [2.05, 4.69) is 24.8 Å². The van der Waals surface area contributed by atoms with Gasteiger partial charge in [-0.1, -0.05) is 6.07 Å². The molecule has 23 heavy (non-hydrogen) atoms. The third-order valence-corrected chi connectivity index (χ3v) is 4.01. The van der Waals surface area contributed by atoms with Gasteiger partial charge in [0.1, 0.15) is 11.5 Å². The second kappa shape index (κ2) is 6.08. The van der Waals surface area contributed by atoms with E-state index in [0.29, 0.717) is 5.82 Å². The highest BCUT2D eigenvalue weighted by molar-refractivity contribution is 5.49. The Morgan fingerprint density at radius 3 is 2.78 bits per heavy atom. The van der Waals surface area contributed by atoms with Gasteiger partial charge in [-0.15, -0.1) is 0 Å². The van der Waals surface area contributed by atoms with Gasteiger partial charge in [0.05, 0.1) is 17.9 Å². The molecule has 0 aromatic carbocycles. The summed E-state index contributed by atoms with van der Waals surface area (Å²) in [5.74, 6) is 1.56. The molecule has 1 unspecified atom stereocenters. The summed E-state index contributed by atoms with van der Waals surface area (Å²) in [5, 5.41) is 0. The quantitative estimate of drug-likeness (QED) is 0.741. The molecule has 3 aromatic heterocycles. The predicted molar refractivity (Wildman–Crippen MR) is 86.6 cm³/mol. The Morgan fingerprint density at radius 2 is 1.96 bits per heavy atom. The SMILES string of the molecule is c1ccc(-c2nccc(C3CCCN3c3cnccn3)n2)nc1. The van der Waals surface area contributed by atoms with Crippen molar-refractivity contribution < 1.29 is 0 Å². The van der Waals surface area contributed by atoms with Crippen molar-refractivity contribution >= 4 is 5.82 Å². The van der Waals surface area contributed by atoms with E-state index in [9.17, 15) is 0 Å². The first-order chi connectivity index (χ1) is 11.4. The van der Waals surface area contributed by atoms with E-state index >= 15 is 0 Å². The molecule has 1 atom stereocenters. The molecule has 1 saturated heterocycles. The highest BCUT2D eigenvalue weighted by atomic mass is 15.2. The summed E-state index contributed by atoms with van der Waals surface area (Å²) in [7, 11) is 0. The zero-order valence-electron chi connectivity index (χ0n) is 12.6. The lowest BCUT2D eigenvalue weighted by Gasteiger charge is -2.24. The molecule has 4 heterocycles. The van der Waals surface area contributed by atoms with Gasteiger partial charge in [0.15, 0.2) is 5.82 Å². The van der Waals surface area contributed by atoms with Crippen LogP contribution in [0, 0.1) is 0 Å². The Balaban J connectivity index is 1.68. The Labute approximate surface area is 134 Å². The molecule has 4 rings (SSSR count). The van der Waals surface area contributed by atoms with E-state index in [1.165, 1.54) is 0 Å². The lowest BCUT2D eigenvalue weighted by atomic mass is 10.1. The fourth-order valence-electron chi connectivity index (χ4n) is 2.96. The summed E-state index contributed by atoms with van der Waals surface area (Å²) >= 11 is 0. The first-order valence-corrected chi connectivity index (χ1v) is 7.69.